The molecule has 1 rings (SSSR count). The molecule has 1 heterocycles. The van der Waals surface area contributed by atoms with Crippen LogP contribution in [0.2, 0.25) is 0 Å². The molecule has 1 N–H and O–H groups in total. The molecule has 0 unspecified atom stereocenters. The minimum Gasteiger partial charge on any atom is -0.381 e. The summed E-state index contributed by atoms with van der Waals surface area (Å²) in [7, 11) is 0. The second-order valence-electron chi connectivity index (χ2n) is 3.50. The van der Waals surface area contributed by atoms with Gasteiger partial charge in [0.2, 0.25) is 0 Å². The second kappa shape index (κ2) is 3.35. The Morgan fingerprint density at radius 3 is 2.69 bits per heavy atom. The highest BCUT2D eigenvalue weighted by molar-refractivity contribution is 5.04. The third-order valence-corrected chi connectivity index (χ3v) is 2.55. The van der Waals surface area contributed by atoms with E-state index in [1.54, 1.807) is 0 Å². The summed E-state index contributed by atoms with van der Waals surface area (Å²) in [6.07, 6.45) is 1.77. The van der Waals surface area contributed by atoms with E-state index in [1.165, 1.54) is 6.08 Å². The van der Waals surface area contributed by atoms with Crippen LogP contribution in [0.4, 0.5) is 8.78 Å². The molecule has 0 aromatic rings. The molecule has 0 bridgehead atoms. The molecule has 0 aromatic heterocycles. The van der Waals surface area contributed by atoms with Crippen molar-refractivity contribution in [2.45, 2.75) is 24.9 Å². The number of halogens is 2. The summed E-state index contributed by atoms with van der Waals surface area (Å²) < 4.78 is 31.0. The Labute approximate surface area is 76.2 Å². The average Bonchev–Trinajstić information content (AvgIpc) is 2.03. The summed E-state index contributed by atoms with van der Waals surface area (Å²) in [6, 6.07) is 0. The zero-order valence-corrected chi connectivity index (χ0v) is 7.59. The molecule has 0 aliphatic carbocycles. The quantitative estimate of drug-likeness (QED) is 0.673. The minimum absolute atomic E-state index is 0.326. The maximum absolute atomic E-state index is 13.1. The van der Waals surface area contributed by atoms with Gasteiger partial charge < -0.3 is 9.84 Å². The molecule has 13 heavy (non-hydrogen) atoms. The van der Waals surface area contributed by atoms with Gasteiger partial charge in [0.1, 0.15) is 0 Å². The van der Waals surface area contributed by atoms with Crippen LogP contribution >= 0.6 is 0 Å². The Morgan fingerprint density at radius 1 is 1.69 bits per heavy atom. The summed E-state index contributed by atoms with van der Waals surface area (Å²) >= 11 is 0. The molecular weight excluding hydrogens is 178 g/mol. The molecule has 1 saturated heterocycles. The Morgan fingerprint density at radius 2 is 2.31 bits per heavy atom. The first kappa shape index (κ1) is 10.6. The molecule has 1 aliphatic rings. The third-order valence-electron chi connectivity index (χ3n) is 2.55. The first-order valence-electron chi connectivity index (χ1n) is 4.22. The van der Waals surface area contributed by atoms with Gasteiger partial charge in [0.15, 0.2) is 5.60 Å². The van der Waals surface area contributed by atoms with Crippen LogP contribution in [0, 0.1) is 5.92 Å². The predicted molar refractivity (Wildman–Crippen MR) is 44.7 cm³/mol. The Hall–Kier alpha value is -0.480. The van der Waals surface area contributed by atoms with E-state index in [0.717, 1.165) is 0 Å². The summed E-state index contributed by atoms with van der Waals surface area (Å²) in [4.78, 5) is 0. The Kier molecular flexibility index (Phi) is 2.73. The SMILES string of the molecule is C=C[C@H]1CCOC[C@@]1(O)C(C)(F)F. The van der Waals surface area contributed by atoms with Crippen molar-refractivity contribution >= 4 is 0 Å². The molecule has 0 aromatic carbocycles. The van der Waals surface area contributed by atoms with Crippen molar-refractivity contribution in [1.29, 1.82) is 0 Å². The molecule has 0 radical (unpaired) electrons. The van der Waals surface area contributed by atoms with Crippen LogP contribution in [0.15, 0.2) is 12.7 Å². The maximum Gasteiger partial charge on any atom is 0.276 e. The van der Waals surface area contributed by atoms with E-state index in [9.17, 15) is 13.9 Å². The van der Waals surface area contributed by atoms with Gasteiger partial charge in [0.25, 0.3) is 5.92 Å². The van der Waals surface area contributed by atoms with Gasteiger partial charge in [-0.2, -0.15) is 0 Å². The van der Waals surface area contributed by atoms with Gasteiger partial charge >= 0.3 is 0 Å². The van der Waals surface area contributed by atoms with Crippen molar-refractivity contribution < 1.29 is 18.6 Å². The second-order valence-corrected chi connectivity index (χ2v) is 3.50. The van der Waals surface area contributed by atoms with Crippen molar-refractivity contribution in [3.05, 3.63) is 12.7 Å². The lowest BCUT2D eigenvalue weighted by atomic mass is 9.80. The number of alkyl halides is 2. The molecule has 0 saturated carbocycles. The average molecular weight is 192 g/mol. The molecule has 2 nitrogen and oxygen atoms in total. The lowest BCUT2D eigenvalue weighted by molar-refractivity contribution is -0.233. The van der Waals surface area contributed by atoms with Gasteiger partial charge in [-0.3, -0.25) is 0 Å². The van der Waals surface area contributed by atoms with Gasteiger partial charge in [-0.25, -0.2) is 8.78 Å². The van der Waals surface area contributed by atoms with Gasteiger partial charge in [-0.1, -0.05) is 6.08 Å². The Bertz CT molecular complexity index is 200. The van der Waals surface area contributed by atoms with E-state index in [2.05, 4.69) is 6.58 Å². The monoisotopic (exact) mass is 192 g/mol. The molecule has 76 valence electrons. The van der Waals surface area contributed by atoms with Crippen molar-refractivity contribution in [2.24, 2.45) is 5.92 Å². The summed E-state index contributed by atoms with van der Waals surface area (Å²) in [5.74, 6) is -3.76. The topological polar surface area (TPSA) is 29.5 Å². The van der Waals surface area contributed by atoms with Gasteiger partial charge in [0.05, 0.1) is 6.61 Å². The first-order chi connectivity index (χ1) is 5.92. The predicted octanol–water partition coefficient (Wildman–Crippen LogP) is 1.60. The van der Waals surface area contributed by atoms with E-state index >= 15 is 0 Å². The molecule has 0 amide bonds. The van der Waals surface area contributed by atoms with E-state index in [-0.39, 0.29) is 6.61 Å². The Balaban J connectivity index is 2.89. The number of hydrogen-bond acceptors (Lipinski definition) is 2. The molecule has 4 heteroatoms. The number of hydrogen-bond donors (Lipinski definition) is 1. The van der Waals surface area contributed by atoms with Crippen molar-refractivity contribution in [2.75, 3.05) is 13.2 Å². The number of aliphatic hydroxyl groups is 1. The lowest BCUT2D eigenvalue weighted by Gasteiger charge is -2.41. The van der Waals surface area contributed by atoms with Gasteiger partial charge in [-0.05, 0) is 6.42 Å². The van der Waals surface area contributed by atoms with Crippen molar-refractivity contribution in [3.63, 3.8) is 0 Å². The zero-order chi connectivity index (χ0) is 10.1. The number of rotatable bonds is 2. The summed E-state index contributed by atoms with van der Waals surface area (Å²) in [5.41, 5.74) is -2.09. The highest BCUT2D eigenvalue weighted by Crippen LogP contribution is 2.39. The zero-order valence-electron chi connectivity index (χ0n) is 7.59. The van der Waals surface area contributed by atoms with Crippen LogP contribution < -0.4 is 0 Å². The van der Waals surface area contributed by atoms with E-state index in [1.807, 2.05) is 0 Å². The maximum atomic E-state index is 13.1. The van der Waals surface area contributed by atoms with Crippen LogP contribution in [0.3, 0.4) is 0 Å². The van der Waals surface area contributed by atoms with Crippen LogP contribution in [-0.4, -0.2) is 29.8 Å². The smallest absolute Gasteiger partial charge is 0.276 e. The van der Waals surface area contributed by atoms with Gasteiger partial charge in [0, 0.05) is 19.4 Å². The molecular formula is C9H14F2O2. The van der Waals surface area contributed by atoms with Crippen LogP contribution in [-0.2, 0) is 4.74 Å². The van der Waals surface area contributed by atoms with Crippen LogP contribution in [0.1, 0.15) is 13.3 Å². The summed E-state index contributed by atoms with van der Waals surface area (Å²) in [5, 5.41) is 9.72. The fraction of sp³-hybridized carbons (Fsp3) is 0.778. The lowest BCUT2D eigenvalue weighted by Crippen LogP contribution is -2.57. The fourth-order valence-electron chi connectivity index (χ4n) is 1.55. The van der Waals surface area contributed by atoms with Crippen molar-refractivity contribution in [3.8, 4) is 0 Å². The molecule has 2 atom stereocenters. The highest BCUT2D eigenvalue weighted by atomic mass is 19.3. The van der Waals surface area contributed by atoms with Crippen molar-refractivity contribution in [1.82, 2.24) is 0 Å². The fourth-order valence-corrected chi connectivity index (χ4v) is 1.55. The third kappa shape index (κ3) is 1.74. The molecule has 0 spiro atoms. The summed E-state index contributed by atoms with van der Waals surface area (Å²) in [6.45, 7) is 4.22. The standard InChI is InChI=1S/C9H14F2O2/c1-3-7-4-5-13-6-9(7,12)8(2,10)11/h3,7,12H,1,4-6H2,2H3/t7-,9-/m0/s1. The highest BCUT2D eigenvalue weighted by Gasteiger charge is 2.54. The van der Waals surface area contributed by atoms with Crippen LogP contribution in [0.25, 0.3) is 0 Å². The molecule has 1 aliphatic heterocycles. The molecule has 1 fully saturated rings. The first-order valence-corrected chi connectivity index (χ1v) is 4.22. The number of ether oxygens (including phenoxy) is 1. The largest absolute Gasteiger partial charge is 0.381 e. The van der Waals surface area contributed by atoms with Crippen LogP contribution in [0.5, 0.6) is 0 Å². The van der Waals surface area contributed by atoms with E-state index in [0.29, 0.717) is 20.0 Å². The minimum atomic E-state index is -3.16. The normalized spacial score (nSPS) is 35.8. The van der Waals surface area contributed by atoms with Gasteiger partial charge in [-0.15, -0.1) is 6.58 Å². The van der Waals surface area contributed by atoms with E-state index < -0.39 is 17.4 Å². The van der Waals surface area contributed by atoms with E-state index in [4.69, 9.17) is 4.74 Å².